The highest BCUT2D eigenvalue weighted by molar-refractivity contribution is 9.10. The van der Waals surface area contributed by atoms with E-state index in [0.717, 1.165) is 29.8 Å². The standard InChI is InChI=1S/C14H20BrN3O2/c1-20-7-5-16-9-11-8-12(15)2-3-13(11)18-6-4-17-14(19)10-18/h2-3,8,16H,4-7,9-10H2,1H3,(H,17,19). The Bertz CT molecular complexity index is 468. The fraction of sp³-hybridized carbons (Fsp3) is 0.500. The van der Waals surface area contributed by atoms with E-state index in [2.05, 4.69) is 43.6 Å². The molecular formula is C14H20BrN3O2. The van der Waals surface area contributed by atoms with Crippen molar-refractivity contribution in [3.8, 4) is 0 Å². The molecule has 0 spiro atoms. The number of benzene rings is 1. The van der Waals surface area contributed by atoms with E-state index in [4.69, 9.17) is 4.74 Å². The third kappa shape index (κ3) is 4.19. The average Bonchev–Trinajstić information content (AvgIpc) is 2.44. The predicted octanol–water partition coefficient (Wildman–Crippen LogP) is 1.12. The van der Waals surface area contributed by atoms with Gasteiger partial charge in [-0.2, -0.15) is 0 Å². The second kappa shape index (κ2) is 7.61. The van der Waals surface area contributed by atoms with Gasteiger partial charge in [0.15, 0.2) is 0 Å². The number of anilines is 1. The van der Waals surface area contributed by atoms with E-state index < -0.39 is 0 Å². The maximum atomic E-state index is 11.5. The Morgan fingerprint density at radius 1 is 1.50 bits per heavy atom. The van der Waals surface area contributed by atoms with Gasteiger partial charge in [-0.15, -0.1) is 0 Å². The lowest BCUT2D eigenvalue weighted by Gasteiger charge is -2.30. The summed E-state index contributed by atoms with van der Waals surface area (Å²) in [5, 5.41) is 6.20. The van der Waals surface area contributed by atoms with Gasteiger partial charge in [0.1, 0.15) is 0 Å². The Morgan fingerprint density at radius 2 is 2.35 bits per heavy atom. The maximum absolute atomic E-state index is 11.5. The van der Waals surface area contributed by atoms with E-state index in [9.17, 15) is 4.79 Å². The number of ether oxygens (including phenoxy) is 1. The first-order valence-corrected chi connectivity index (χ1v) is 7.49. The van der Waals surface area contributed by atoms with Crippen LogP contribution in [0.1, 0.15) is 5.56 Å². The molecule has 0 aliphatic carbocycles. The van der Waals surface area contributed by atoms with Gasteiger partial charge in [0, 0.05) is 43.4 Å². The Labute approximate surface area is 127 Å². The van der Waals surface area contributed by atoms with Gasteiger partial charge >= 0.3 is 0 Å². The quantitative estimate of drug-likeness (QED) is 0.761. The van der Waals surface area contributed by atoms with Crippen LogP contribution in [0.15, 0.2) is 22.7 Å². The smallest absolute Gasteiger partial charge is 0.239 e. The zero-order valence-corrected chi connectivity index (χ0v) is 13.2. The molecule has 1 fully saturated rings. The van der Waals surface area contributed by atoms with Crippen LogP contribution in [0.4, 0.5) is 5.69 Å². The second-order valence-electron chi connectivity index (χ2n) is 4.71. The monoisotopic (exact) mass is 341 g/mol. The normalized spacial score (nSPS) is 15.3. The summed E-state index contributed by atoms with van der Waals surface area (Å²) in [5.41, 5.74) is 2.30. The third-order valence-electron chi connectivity index (χ3n) is 3.22. The lowest BCUT2D eigenvalue weighted by Crippen LogP contribution is -2.48. The second-order valence-corrected chi connectivity index (χ2v) is 5.63. The number of hydrogen-bond acceptors (Lipinski definition) is 4. The number of rotatable bonds is 6. The van der Waals surface area contributed by atoms with E-state index in [-0.39, 0.29) is 5.91 Å². The number of halogens is 1. The summed E-state index contributed by atoms with van der Waals surface area (Å²) < 4.78 is 6.08. The SMILES string of the molecule is COCCNCc1cc(Br)ccc1N1CCNC(=O)C1. The van der Waals surface area contributed by atoms with Gasteiger partial charge in [0.25, 0.3) is 0 Å². The first-order valence-electron chi connectivity index (χ1n) is 6.70. The Kier molecular flexibility index (Phi) is 5.82. The Balaban J connectivity index is 2.08. The molecule has 0 bridgehead atoms. The number of amides is 1. The van der Waals surface area contributed by atoms with Crippen molar-refractivity contribution in [1.29, 1.82) is 0 Å². The zero-order chi connectivity index (χ0) is 14.4. The highest BCUT2D eigenvalue weighted by Gasteiger charge is 2.18. The summed E-state index contributed by atoms with van der Waals surface area (Å²) in [6.07, 6.45) is 0. The van der Waals surface area contributed by atoms with Crippen LogP contribution in [0.25, 0.3) is 0 Å². The van der Waals surface area contributed by atoms with E-state index in [1.807, 2.05) is 6.07 Å². The van der Waals surface area contributed by atoms with E-state index in [1.165, 1.54) is 5.56 Å². The lowest BCUT2D eigenvalue weighted by atomic mass is 10.1. The Hall–Kier alpha value is -1.11. The molecule has 1 heterocycles. The minimum atomic E-state index is 0.0810. The molecule has 6 heteroatoms. The molecule has 2 N–H and O–H groups in total. The number of carbonyl (C=O) groups excluding carboxylic acids is 1. The number of piperazine rings is 1. The molecule has 0 atom stereocenters. The highest BCUT2D eigenvalue weighted by Crippen LogP contribution is 2.25. The van der Waals surface area contributed by atoms with Crippen LogP contribution >= 0.6 is 15.9 Å². The predicted molar refractivity (Wildman–Crippen MR) is 82.9 cm³/mol. The molecule has 1 amide bonds. The van der Waals surface area contributed by atoms with Crippen molar-refractivity contribution in [1.82, 2.24) is 10.6 Å². The Morgan fingerprint density at radius 3 is 3.10 bits per heavy atom. The topological polar surface area (TPSA) is 53.6 Å². The van der Waals surface area contributed by atoms with Crippen molar-refractivity contribution in [2.45, 2.75) is 6.54 Å². The molecule has 0 unspecified atom stereocenters. The van der Waals surface area contributed by atoms with Crippen LogP contribution < -0.4 is 15.5 Å². The summed E-state index contributed by atoms with van der Waals surface area (Å²) in [5.74, 6) is 0.0810. The molecule has 1 saturated heterocycles. The first kappa shape index (κ1) is 15.3. The molecule has 1 aliphatic heterocycles. The van der Waals surface area contributed by atoms with Gasteiger partial charge in [-0.1, -0.05) is 15.9 Å². The van der Waals surface area contributed by atoms with Crippen molar-refractivity contribution < 1.29 is 9.53 Å². The summed E-state index contributed by atoms with van der Waals surface area (Å²) in [7, 11) is 1.69. The van der Waals surface area contributed by atoms with Crippen molar-refractivity contribution in [3.63, 3.8) is 0 Å². The largest absolute Gasteiger partial charge is 0.383 e. The van der Waals surface area contributed by atoms with Crippen molar-refractivity contribution >= 4 is 27.5 Å². The van der Waals surface area contributed by atoms with Crippen molar-refractivity contribution in [3.05, 3.63) is 28.2 Å². The molecule has 2 rings (SSSR count). The number of carbonyl (C=O) groups is 1. The van der Waals surface area contributed by atoms with Crippen LogP contribution in [-0.2, 0) is 16.1 Å². The van der Waals surface area contributed by atoms with Gasteiger partial charge in [0.05, 0.1) is 13.2 Å². The molecule has 110 valence electrons. The van der Waals surface area contributed by atoms with Gasteiger partial charge in [0.2, 0.25) is 5.91 Å². The molecule has 0 radical (unpaired) electrons. The minimum absolute atomic E-state index is 0.0810. The van der Waals surface area contributed by atoms with Crippen LogP contribution in [0, 0.1) is 0 Å². The zero-order valence-electron chi connectivity index (χ0n) is 11.6. The summed E-state index contributed by atoms with van der Waals surface area (Å²) in [6, 6.07) is 6.18. The van der Waals surface area contributed by atoms with Gasteiger partial charge in [-0.05, 0) is 23.8 Å². The molecule has 1 aromatic rings. The molecule has 1 aliphatic rings. The highest BCUT2D eigenvalue weighted by atomic mass is 79.9. The van der Waals surface area contributed by atoms with Crippen LogP contribution in [-0.4, -0.2) is 45.8 Å². The summed E-state index contributed by atoms with van der Waals surface area (Å²) in [6.45, 7) is 4.23. The number of hydrogen-bond donors (Lipinski definition) is 2. The molecule has 1 aromatic carbocycles. The number of nitrogens with zero attached hydrogens (tertiary/aromatic N) is 1. The molecule has 0 aromatic heterocycles. The fourth-order valence-corrected chi connectivity index (χ4v) is 2.65. The summed E-state index contributed by atoms with van der Waals surface area (Å²) in [4.78, 5) is 13.7. The lowest BCUT2D eigenvalue weighted by molar-refractivity contribution is -0.120. The van der Waals surface area contributed by atoms with Crippen LogP contribution in [0.5, 0.6) is 0 Å². The molecule has 0 saturated carbocycles. The van der Waals surface area contributed by atoms with Crippen molar-refractivity contribution in [2.75, 3.05) is 44.8 Å². The van der Waals surface area contributed by atoms with E-state index >= 15 is 0 Å². The van der Waals surface area contributed by atoms with Gasteiger partial charge < -0.3 is 20.3 Å². The van der Waals surface area contributed by atoms with Gasteiger partial charge in [-0.3, -0.25) is 4.79 Å². The first-order chi connectivity index (χ1) is 9.70. The van der Waals surface area contributed by atoms with Crippen LogP contribution in [0.3, 0.4) is 0 Å². The average molecular weight is 342 g/mol. The molecule has 20 heavy (non-hydrogen) atoms. The molecular weight excluding hydrogens is 322 g/mol. The molecule has 5 nitrogen and oxygen atoms in total. The summed E-state index contributed by atoms with van der Waals surface area (Å²) >= 11 is 3.50. The number of methoxy groups -OCH3 is 1. The third-order valence-corrected chi connectivity index (χ3v) is 3.71. The van der Waals surface area contributed by atoms with E-state index in [1.54, 1.807) is 7.11 Å². The minimum Gasteiger partial charge on any atom is -0.383 e. The van der Waals surface area contributed by atoms with Crippen molar-refractivity contribution in [2.24, 2.45) is 0 Å². The van der Waals surface area contributed by atoms with Gasteiger partial charge in [-0.25, -0.2) is 0 Å². The van der Waals surface area contributed by atoms with E-state index in [0.29, 0.717) is 19.7 Å². The number of nitrogens with one attached hydrogen (secondary N) is 2. The fourth-order valence-electron chi connectivity index (χ4n) is 2.25. The van der Waals surface area contributed by atoms with Crippen LogP contribution in [0.2, 0.25) is 0 Å². The maximum Gasteiger partial charge on any atom is 0.239 e.